The van der Waals surface area contributed by atoms with Crippen molar-refractivity contribution in [1.82, 2.24) is 15.2 Å². The first kappa shape index (κ1) is 20.9. The van der Waals surface area contributed by atoms with E-state index in [0.29, 0.717) is 23.7 Å². The van der Waals surface area contributed by atoms with E-state index in [1.807, 2.05) is 30.3 Å². The zero-order chi connectivity index (χ0) is 21.2. The van der Waals surface area contributed by atoms with E-state index in [4.69, 9.17) is 4.74 Å². The molecule has 0 saturated carbocycles. The number of carbonyl (C=O) groups excluding carboxylic acids is 2. The highest BCUT2D eigenvalue weighted by Crippen LogP contribution is 2.22. The van der Waals surface area contributed by atoms with Gasteiger partial charge in [0.05, 0.1) is 0 Å². The number of amides is 3. The molecule has 1 heterocycles. The number of urea groups is 1. The molecule has 3 amide bonds. The van der Waals surface area contributed by atoms with Crippen molar-refractivity contribution in [3.63, 3.8) is 0 Å². The van der Waals surface area contributed by atoms with E-state index in [1.54, 1.807) is 60.7 Å². The van der Waals surface area contributed by atoms with E-state index in [2.05, 4.69) is 15.6 Å². The van der Waals surface area contributed by atoms with Crippen LogP contribution in [-0.4, -0.2) is 35.4 Å². The van der Waals surface area contributed by atoms with Gasteiger partial charge in [0.25, 0.3) is 0 Å². The number of nitrogens with zero attached hydrogens (tertiary/aromatic N) is 2. The molecule has 154 valence electrons. The van der Waals surface area contributed by atoms with Gasteiger partial charge in [0.2, 0.25) is 5.91 Å². The number of benzene rings is 2. The number of anilines is 1. The molecule has 0 atom stereocenters. The van der Waals surface area contributed by atoms with Crippen LogP contribution in [0.4, 0.5) is 10.5 Å². The van der Waals surface area contributed by atoms with Gasteiger partial charge in [0.15, 0.2) is 0 Å². The van der Waals surface area contributed by atoms with Crippen LogP contribution >= 0.6 is 0 Å². The summed E-state index contributed by atoms with van der Waals surface area (Å²) in [5.41, 5.74) is 1.71. The molecule has 3 rings (SSSR count). The van der Waals surface area contributed by atoms with Gasteiger partial charge >= 0.3 is 6.03 Å². The lowest BCUT2D eigenvalue weighted by Gasteiger charge is -2.18. The minimum atomic E-state index is -0.218. The minimum absolute atomic E-state index is 0.177. The second-order valence-corrected chi connectivity index (χ2v) is 6.68. The third-order valence-electron chi connectivity index (χ3n) is 4.26. The SMILES string of the molecule is CN(Cc1ccccc1)C(=O)NCCC(=O)Nc1ccc(Oc2ccncc2)cc1. The first-order chi connectivity index (χ1) is 14.6. The second kappa shape index (κ2) is 10.6. The number of hydrogen-bond donors (Lipinski definition) is 2. The standard InChI is InChI=1S/C23H24N4O3/c1-27(17-18-5-3-2-4-6-18)23(29)25-16-13-22(28)26-19-7-9-20(10-8-19)30-21-11-14-24-15-12-21/h2-12,14-15H,13,16-17H2,1H3,(H,25,29)(H,26,28). The molecule has 0 saturated heterocycles. The lowest BCUT2D eigenvalue weighted by atomic mass is 10.2. The van der Waals surface area contributed by atoms with Crippen molar-refractivity contribution in [3.05, 3.63) is 84.7 Å². The zero-order valence-corrected chi connectivity index (χ0v) is 16.7. The lowest BCUT2D eigenvalue weighted by Crippen LogP contribution is -2.38. The minimum Gasteiger partial charge on any atom is -0.457 e. The van der Waals surface area contributed by atoms with Gasteiger partial charge in [-0.3, -0.25) is 9.78 Å². The van der Waals surface area contributed by atoms with Crippen molar-refractivity contribution < 1.29 is 14.3 Å². The van der Waals surface area contributed by atoms with Crippen LogP contribution < -0.4 is 15.4 Å². The Bertz CT molecular complexity index is 947. The molecule has 7 heteroatoms. The molecular weight excluding hydrogens is 380 g/mol. The smallest absolute Gasteiger partial charge is 0.317 e. The Morgan fingerprint density at radius 2 is 1.60 bits per heavy atom. The average molecular weight is 404 g/mol. The Morgan fingerprint density at radius 3 is 2.30 bits per heavy atom. The number of carbonyl (C=O) groups is 2. The molecular formula is C23H24N4O3. The predicted octanol–water partition coefficient (Wildman–Crippen LogP) is 4.04. The van der Waals surface area contributed by atoms with E-state index in [9.17, 15) is 9.59 Å². The number of aromatic nitrogens is 1. The Morgan fingerprint density at radius 1 is 0.933 bits per heavy atom. The second-order valence-electron chi connectivity index (χ2n) is 6.68. The normalized spacial score (nSPS) is 10.2. The first-order valence-electron chi connectivity index (χ1n) is 9.61. The number of rotatable bonds is 8. The highest BCUT2D eigenvalue weighted by molar-refractivity contribution is 5.91. The van der Waals surface area contributed by atoms with Crippen molar-refractivity contribution in [2.24, 2.45) is 0 Å². The van der Waals surface area contributed by atoms with Gasteiger partial charge in [-0.1, -0.05) is 30.3 Å². The summed E-state index contributed by atoms with van der Waals surface area (Å²) in [6.07, 6.45) is 3.49. The van der Waals surface area contributed by atoms with Crippen LogP contribution in [0.15, 0.2) is 79.1 Å². The van der Waals surface area contributed by atoms with Crippen molar-refractivity contribution in [1.29, 1.82) is 0 Å². The molecule has 2 aromatic carbocycles. The van der Waals surface area contributed by atoms with Crippen LogP contribution in [0.3, 0.4) is 0 Å². The van der Waals surface area contributed by atoms with Crippen LogP contribution in [-0.2, 0) is 11.3 Å². The Labute approximate surface area is 175 Å². The summed E-state index contributed by atoms with van der Waals surface area (Å²) in [4.78, 5) is 29.8. The van der Waals surface area contributed by atoms with Crippen LogP contribution in [0, 0.1) is 0 Å². The van der Waals surface area contributed by atoms with Crippen molar-refractivity contribution >= 4 is 17.6 Å². The van der Waals surface area contributed by atoms with Crippen molar-refractivity contribution in [2.45, 2.75) is 13.0 Å². The molecule has 1 aromatic heterocycles. The van der Waals surface area contributed by atoms with Gasteiger partial charge in [-0.25, -0.2) is 4.79 Å². The molecule has 0 aliphatic carbocycles. The first-order valence-corrected chi connectivity index (χ1v) is 9.61. The summed E-state index contributed by atoms with van der Waals surface area (Å²) >= 11 is 0. The molecule has 3 aromatic rings. The fourth-order valence-corrected chi connectivity index (χ4v) is 2.72. The van der Waals surface area contributed by atoms with Gasteiger partial charge in [-0.15, -0.1) is 0 Å². The third kappa shape index (κ3) is 6.63. The molecule has 30 heavy (non-hydrogen) atoms. The van der Waals surface area contributed by atoms with Crippen LogP contribution in [0.5, 0.6) is 11.5 Å². The van der Waals surface area contributed by atoms with Crippen LogP contribution in [0.2, 0.25) is 0 Å². The van der Waals surface area contributed by atoms with E-state index in [0.717, 1.165) is 5.56 Å². The number of nitrogens with one attached hydrogen (secondary N) is 2. The maximum Gasteiger partial charge on any atom is 0.317 e. The van der Waals surface area contributed by atoms with E-state index in [-0.39, 0.29) is 24.9 Å². The lowest BCUT2D eigenvalue weighted by molar-refractivity contribution is -0.116. The highest BCUT2D eigenvalue weighted by atomic mass is 16.5. The summed E-state index contributed by atoms with van der Waals surface area (Å²) in [6, 6.07) is 20.1. The quantitative estimate of drug-likeness (QED) is 0.593. The Hall–Kier alpha value is -3.87. The molecule has 7 nitrogen and oxygen atoms in total. The highest BCUT2D eigenvalue weighted by Gasteiger charge is 2.10. The molecule has 0 aliphatic heterocycles. The van der Waals surface area contributed by atoms with Gasteiger partial charge < -0.3 is 20.3 Å². The molecule has 0 bridgehead atoms. The number of pyridine rings is 1. The largest absolute Gasteiger partial charge is 0.457 e. The van der Waals surface area contributed by atoms with Crippen molar-refractivity contribution in [2.75, 3.05) is 18.9 Å². The topological polar surface area (TPSA) is 83.6 Å². The summed E-state index contributed by atoms with van der Waals surface area (Å²) in [5, 5.41) is 5.56. The van der Waals surface area contributed by atoms with E-state index in [1.165, 1.54) is 0 Å². The van der Waals surface area contributed by atoms with E-state index >= 15 is 0 Å². The van der Waals surface area contributed by atoms with Crippen LogP contribution in [0.25, 0.3) is 0 Å². The van der Waals surface area contributed by atoms with Gasteiger partial charge in [-0.05, 0) is 42.0 Å². The molecule has 0 fully saturated rings. The number of hydrogen-bond acceptors (Lipinski definition) is 4. The van der Waals surface area contributed by atoms with Gasteiger partial charge in [0.1, 0.15) is 11.5 Å². The molecule has 2 N–H and O–H groups in total. The fourth-order valence-electron chi connectivity index (χ4n) is 2.72. The molecule has 0 radical (unpaired) electrons. The van der Waals surface area contributed by atoms with Crippen molar-refractivity contribution in [3.8, 4) is 11.5 Å². The maximum atomic E-state index is 12.1. The van der Waals surface area contributed by atoms with E-state index < -0.39 is 0 Å². The Kier molecular flexibility index (Phi) is 7.38. The average Bonchev–Trinajstić information content (AvgIpc) is 2.76. The van der Waals surface area contributed by atoms with Gasteiger partial charge in [-0.2, -0.15) is 0 Å². The maximum absolute atomic E-state index is 12.1. The number of ether oxygens (including phenoxy) is 1. The van der Waals surface area contributed by atoms with Gasteiger partial charge in [0, 0.05) is 44.6 Å². The molecule has 0 spiro atoms. The summed E-state index contributed by atoms with van der Waals surface area (Å²) in [5.74, 6) is 1.17. The Balaban J connectivity index is 1.38. The zero-order valence-electron chi connectivity index (χ0n) is 16.7. The summed E-state index contributed by atoms with van der Waals surface area (Å²) in [7, 11) is 1.72. The predicted molar refractivity (Wildman–Crippen MR) is 115 cm³/mol. The fraction of sp³-hybridized carbons (Fsp3) is 0.174. The van der Waals surface area contributed by atoms with Crippen LogP contribution in [0.1, 0.15) is 12.0 Å². The third-order valence-corrected chi connectivity index (χ3v) is 4.26. The molecule has 0 unspecified atom stereocenters. The monoisotopic (exact) mass is 404 g/mol. The molecule has 0 aliphatic rings. The summed E-state index contributed by atoms with van der Waals surface area (Å²) in [6.45, 7) is 0.764. The summed E-state index contributed by atoms with van der Waals surface area (Å²) < 4.78 is 5.69.